The van der Waals surface area contributed by atoms with E-state index in [0.717, 1.165) is 17.7 Å². The molecule has 4 heteroatoms. The highest BCUT2D eigenvalue weighted by molar-refractivity contribution is 6.31. The van der Waals surface area contributed by atoms with Crippen LogP contribution in [0.5, 0.6) is 0 Å². The second-order valence-corrected chi connectivity index (χ2v) is 4.77. The van der Waals surface area contributed by atoms with Crippen molar-refractivity contribution in [2.45, 2.75) is 19.5 Å². The second-order valence-electron chi connectivity index (χ2n) is 4.36. The van der Waals surface area contributed by atoms with Gasteiger partial charge in [0.2, 0.25) is 0 Å². The Morgan fingerprint density at radius 2 is 1.89 bits per heavy atom. The van der Waals surface area contributed by atoms with Gasteiger partial charge in [0.05, 0.1) is 0 Å². The lowest BCUT2D eigenvalue weighted by Crippen LogP contribution is -2.19. The third kappa shape index (κ3) is 3.52. The zero-order valence-corrected chi connectivity index (χ0v) is 11.2. The van der Waals surface area contributed by atoms with Gasteiger partial charge >= 0.3 is 0 Å². The molecule has 1 N–H and O–H groups in total. The summed E-state index contributed by atoms with van der Waals surface area (Å²) in [6.07, 6.45) is 0. The maximum absolute atomic E-state index is 13.5. The van der Waals surface area contributed by atoms with E-state index in [4.69, 9.17) is 11.6 Å². The molecule has 0 spiro atoms. The Kier molecular flexibility index (Phi) is 4.51. The van der Waals surface area contributed by atoms with Crippen molar-refractivity contribution in [2.75, 3.05) is 0 Å². The van der Waals surface area contributed by atoms with Crippen molar-refractivity contribution >= 4 is 11.6 Å². The molecular weight excluding hydrogens is 268 g/mol. The van der Waals surface area contributed by atoms with Crippen molar-refractivity contribution in [3.05, 3.63) is 70.2 Å². The average molecular weight is 282 g/mol. The summed E-state index contributed by atoms with van der Waals surface area (Å²) in [5, 5.41) is 3.79. The number of halogens is 3. The summed E-state index contributed by atoms with van der Waals surface area (Å²) in [4.78, 5) is 0. The van der Waals surface area contributed by atoms with E-state index in [-0.39, 0.29) is 12.6 Å². The molecular formula is C15H14ClF2N. The first kappa shape index (κ1) is 14.0. The van der Waals surface area contributed by atoms with Gasteiger partial charge < -0.3 is 5.32 Å². The van der Waals surface area contributed by atoms with E-state index in [1.54, 1.807) is 6.07 Å². The molecule has 1 unspecified atom stereocenters. The smallest absolute Gasteiger partial charge is 0.127 e. The molecule has 19 heavy (non-hydrogen) atoms. The molecule has 0 amide bonds. The van der Waals surface area contributed by atoms with Crippen LogP contribution in [0.4, 0.5) is 8.78 Å². The Morgan fingerprint density at radius 3 is 2.63 bits per heavy atom. The molecule has 1 atom stereocenters. The van der Waals surface area contributed by atoms with Gasteiger partial charge in [0.15, 0.2) is 0 Å². The van der Waals surface area contributed by atoms with Crippen LogP contribution in [-0.2, 0) is 6.54 Å². The van der Waals surface area contributed by atoms with Crippen LogP contribution in [-0.4, -0.2) is 0 Å². The molecule has 0 saturated carbocycles. The first-order chi connectivity index (χ1) is 9.08. The summed E-state index contributed by atoms with van der Waals surface area (Å²) >= 11 is 6.08. The third-order valence-corrected chi connectivity index (χ3v) is 3.32. The molecule has 0 aromatic heterocycles. The fourth-order valence-corrected chi connectivity index (χ4v) is 2.18. The van der Waals surface area contributed by atoms with Gasteiger partial charge in [-0.25, -0.2) is 8.78 Å². The summed E-state index contributed by atoms with van der Waals surface area (Å²) in [5.41, 5.74) is 1.24. The molecule has 0 aliphatic carbocycles. The van der Waals surface area contributed by atoms with E-state index in [1.165, 1.54) is 6.07 Å². The molecule has 0 bridgehead atoms. The van der Waals surface area contributed by atoms with Crippen LogP contribution < -0.4 is 5.32 Å². The summed E-state index contributed by atoms with van der Waals surface area (Å²) in [6.45, 7) is 2.17. The Morgan fingerprint density at radius 1 is 1.16 bits per heavy atom. The minimum absolute atomic E-state index is 0.0450. The highest BCUT2D eigenvalue weighted by Crippen LogP contribution is 2.22. The highest BCUT2D eigenvalue weighted by Gasteiger charge is 2.10. The summed E-state index contributed by atoms with van der Waals surface area (Å²) < 4.78 is 26.5. The van der Waals surface area contributed by atoms with Gasteiger partial charge in [-0.3, -0.25) is 0 Å². The topological polar surface area (TPSA) is 12.0 Å². The van der Waals surface area contributed by atoms with Gasteiger partial charge in [-0.2, -0.15) is 0 Å². The number of rotatable bonds is 4. The molecule has 0 aliphatic heterocycles. The Hall–Kier alpha value is -1.45. The van der Waals surface area contributed by atoms with Crippen molar-refractivity contribution in [2.24, 2.45) is 0 Å². The fourth-order valence-electron chi connectivity index (χ4n) is 1.88. The minimum Gasteiger partial charge on any atom is -0.306 e. The predicted molar refractivity (Wildman–Crippen MR) is 73.1 cm³/mol. The maximum Gasteiger partial charge on any atom is 0.127 e. The van der Waals surface area contributed by atoms with E-state index >= 15 is 0 Å². The zero-order chi connectivity index (χ0) is 13.8. The lowest BCUT2D eigenvalue weighted by molar-refractivity contribution is 0.535. The number of benzene rings is 2. The molecule has 100 valence electrons. The number of hydrogen-bond donors (Lipinski definition) is 1. The Labute approximate surface area is 116 Å². The van der Waals surface area contributed by atoms with Crippen molar-refractivity contribution < 1.29 is 8.78 Å². The summed E-state index contributed by atoms with van der Waals surface area (Å²) in [5.74, 6) is -0.858. The van der Waals surface area contributed by atoms with Crippen molar-refractivity contribution in [3.63, 3.8) is 0 Å². The van der Waals surface area contributed by atoms with E-state index < -0.39 is 11.6 Å². The summed E-state index contributed by atoms with van der Waals surface area (Å²) in [7, 11) is 0. The Balaban J connectivity index is 2.06. The lowest BCUT2D eigenvalue weighted by Gasteiger charge is -2.16. The predicted octanol–water partition coefficient (Wildman–Crippen LogP) is 4.47. The van der Waals surface area contributed by atoms with Crippen molar-refractivity contribution in [1.82, 2.24) is 5.32 Å². The van der Waals surface area contributed by atoms with Gasteiger partial charge in [-0.1, -0.05) is 29.8 Å². The molecule has 0 saturated heterocycles. The SMILES string of the molecule is CC(NCc1cc(F)ccc1F)c1ccccc1Cl. The molecule has 2 aromatic rings. The molecule has 2 aromatic carbocycles. The van der Waals surface area contributed by atoms with Crippen LogP contribution in [0.2, 0.25) is 5.02 Å². The van der Waals surface area contributed by atoms with Crippen LogP contribution in [0.1, 0.15) is 24.1 Å². The standard InChI is InChI=1S/C15H14ClF2N/c1-10(13-4-2-3-5-14(13)16)19-9-11-8-12(17)6-7-15(11)18/h2-8,10,19H,9H2,1H3. The molecule has 1 nitrogen and oxygen atoms in total. The zero-order valence-electron chi connectivity index (χ0n) is 10.5. The monoisotopic (exact) mass is 281 g/mol. The molecule has 0 aliphatic rings. The fraction of sp³-hybridized carbons (Fsp3) is 0.200. The third-order valence-electron chi connectivity index (χ3n) is 2.98. The van der Waals surface area contributed by atoms with E-state index in [9.17, 15) is 8.78 Å². The van der Waals surface area contributed by atoms with Crippen LogP contribution in [0, 0.1) is 11.6 Å². The van der Waals surface area contributed by atoms with E-state index in [0.29, 0.717) is 10.6 Å². The molecule has 0 heterocycles. The van der Waals surface area contributed by atoms with Crippen LogP contribution in [0.15, 0.2) is 42.5 Å². The number of nitrogens with one attached hydrogen (secondary N) is 1. The summed E-state index contributed by atoms with van der Waals surface area (Å²) in [6, 6.07) is 10.8. The first-order valence-corrected chi connectivity index (χ1v) is 6.37. The normalized spacial score (nSPS) is 12.4. The maximum atomic E-state index is 13.5. The van der Waals surface area contributed by atoms with Gasteiger partial charge in [0.1, 0.15) is 11.6 Å². The second kappa shape index (κ2) is 6.13. The van der Waals surface area contributed by atoms with Crippen LogP contribution >= 0.6 is 11.6 Å². The lowest BCUT2D eigenvalue weighted by atomic mass is 10.1. The number of hydrogen-bond acceptors (Lipinski definition) is 1. The van der Waals surface area contributed by atoms with Crippen LogP contribution in [0.25, 0.3) is 0 Å². The highest BCUT2D eigenvalue weighted by atomic mass is 35.5. The average Bonchev–Trinajstić information content (AvgIpc) is 2.40. The van der Waals surface area contributed by atoms with Gasteiger partial charge in [-0.15, -0.1) is 0 Å². The minimum atomic E-state index is -0.441. The van der Waals surface area contributed by atoms with E-state index in [1.807, 2.05) is 25.1 Å². The first-order valence-electron chi connectivity index (χ1n) is 5.99. The quantitative estimate of drug-likeness (QED) is 0.872. The van der Waals surface area contributed by atoms with Gasteiger partial charge in [0, 0.05) is 23.2 Å². The van der Waals surface area contributed by atoms with Crippen LogP contribution in [0.3, 0.4) is 0 Å². The van der Waals surface area contributed by atoms with E-state index in [2.05, 4.69) is 5.32 Å². The molecule has 0 radical (unpaired) electrons. The molecule has 2 rings (SSSR count). The van der Waals surface area contributed by atoms with Crippen molar-refractivity contribution in [1.29, 1.82) is 0 Å². The largest absolute Gasteiger partial charge is 0.306 e. The Bertz CT molecular complexity index is 572. The molecule has 0 fully saturated rings. The van der Waals surface area contributed by atoms with Gasteiger partial charge in [0.25, 0.3) is 0 Å². The van der Waals surface area contributed by atoms with Crippen molar-refractivity contribution in [3.8, 4) is 0 Å². The van der Waals surface area contributed by atoms with Gasteiger partial charge in [-0.05, 0) is 36.8 Å².